The smallest absolute Gasteiger partial charge is 0.408 e. The summed E-state index contributed by atoms with van der Waals surface area (Å²) in [4.78, 5) is 29.0. The molecule has 6 nitrogen and oxygen atoms in total. The van der Waals surface area contributed by atoms with Gasteiger partial charge in [-0.3, -0.25) is 9.78 Å². The molecule has 3 rings (SSSR count). The number of oxazole rings is 1. The zero-order valence-electron chi connectivity index (χ0n) is 10.7. The van der Waals surface area contributed by atoms with Gasteiger partial charge in [-0.25, -0.2) is 4.79 Å². The molecule has 2 aromatic rings. The van der Waals surface area contributed by atoms with Crippen LogP contribution in [0.3, 0.4) is 0 Å². The van der Waals surface area contributed by atoms with Crippen LogP contribution in [0.2, 0.25) is 0 Å². The van der Waals surface area contributed by atoms with Gasteiger partial charge in [0.1, 0.15) is 0 Å². The van der Waals surface area contributed by atoms with Gasteiger partial charge < -0.3 is 14.2 Å². The average molecular weight is 261 g/mol. The topological polar surface area (TPSA) is 69.6 Å². The third-order valence-corrected chi connectivity index (χ3v) is 3.49. The van der Waals surface area contributed by atoms with E-state index in [-0.39, 0.29) is 5.91 Å². The number of piperazine rings is 1. The van der Waals surface area contributed by atoms with Crippen molar-refractivity contribution in [2.75, 3.05) is 31.1 Å². The number of nitrogens with zero attached hydrogens (tertiary/aromatic N) is 2. The van der Waals surface area contributed by atoms with E-state index < -0.39 is 5.76 Å². The minimum Gasteiger partial charge on any atom is -0.408 e. The number of benzene rings is 1. The van der Waals surface area contributed by atoms with Crippen molar-refractivity contribution in [1.82, 2.24) is 9.88 Å². The van der Waals surface area contributed by atoms with Crippen molar-refractivity contribution >= 4 is 22.7 Å². The molecule has 1 aliphatic heterocycles. The first-order valence-corrected chi connectivity index (χ1v) is 6.27. The summed E-state index contributed by atoms with van der Waals surface area (Å²) >= 11 is 0. The van der Waals surface area contributed by atoms with Gasteiger partial charge in [-0.1, -0.05) is 0 Å². The minimum atomic E-state index is -0.437. The molecule has 0 unspecified atom stereocenters. The number of anilines is 1. The van der Waals surface area contributed by atoms with Crippen molar-refractivity contribution in [3.05, 3.63) is 28.7 Å². The molecule has 100 valence electrons. The summed E-state index contributed by atoms with van der Waals surface area (Å²) in [5, 5.41) is 0. The molecule has 1 fully saturated rings. The zero-order valence-corrected chi connectivity index (χ0v) is 10.7. The lowest BCUT2D eigenvalue weighted by Gasteiger charge is -2.35. The van der Waals surface area contributed by atoms with Gasteiger partial charge >= 0.3 is 5.76 Å². The number of carbonyl (C=O) groups is 1. The summed E-state index contributed by atoms with van der Waals surface area (Å²) in [5.74, 6) is -0.319. The van der Waals surface area contributed by atoms with Crippen LogP contribution in [0, 0.1) is 0 Å². The largest absolute Gasteiger partial charge is 0.417 e. The number of hydrogen-bond donors (Lipinski definition) is 1. The predicted octanol–water partition coefficient (Wildman–Crippen LogP) is 0.790. The lowest BCUT2D eigenvalue weighted by atomic mass is 10.2. The Hall–Kier alpha value is -2.24. The number of carbonyl (C=O) groups excluding carboxylic acids is 1. The van der Waals surface area contributed by atoms with Crippen LogP contribution < -0.4 is 10.7 Å². The molecule has 0 atom stereocenters. The Bertz CT molecular complexity index is 665. The normalized spacial score (nSPS) is 16.1. The third-order valence-electron chi connectivity index (χ3n) is 3.49. The first-order valence-electron chi connectivity index (χ1n) is 6.27. The summed E-state index contributed by atoms with van der Waals surface area (Å²) in [7, 11) is 0. The lowest BCUT2D eigenvalue weighted by Crippen LogP contribution is -2.48. The highest BCUT2D eigenvalue weighted by Crippen LogP contribution is 2.21. The Balaban J connectivity index is 1.81. The zero-order chi connectivity index (χ0) is 13.4. The summed E-state index contributed by atoms with van der Waals surface area (Å²) in [6, 6.07) is 5.65. The molecule has 1 aromatic carbocycles. The van der Waals surface area contributed by atoms with Crippen molar-refractivity contribution in [2.45, 2.75) is 6.92 Å². The lowest BCUT2D eigenvalue weighted by molar-refractivity contribution is -0.129. The van der Waals surface area contributed by atoms with Crippen molar-refractivity contribution in [1.29, 1.82) is 0 Å². The van der Waals surface area contributed by atoms with Gasteiger partial charge in [0.15, 0.2) is 5.58 Å². The van der Waals surface area contributed by atoms with E-state index in [9.17, 15) is 9.59 Å². The van der Waals surface area contributed by atoms with E-state index in [4.69, 9.17) is 4.42 Å². The molecule has 6 heteroatoms. The van der Waals surface area contributed by atoms with Gasteiger partial charge in [-0.15, -0.1) is 0 Å². The van der Waals surface area contributed by atoms with Crippen molar-refractivity contribution in [3.63, 3.8) is 0 Å². The average Bonchev–Trinajstić information content (AvgIpc) is 2.77. The van der Waals surface area contributed by atoms with Crippen LogP contribution in [0.5, 0.6) is 0 Å². The van der Waals surface area contributed by atoms with Gasteiger partial charge in [0.2, 0.25) is 5.91 Å². The molecule has 0 radical (unpaired) electrons. The van der Waals surface area contributed by atoms with Gasteiger partial charge in [0.25, 0.3) is 0 Å². The van der Waals surface area contributed by atoms with E-state index in [2.05, 4.69) is 9.88 Å². The summed E-state index contributed by atoms with van der Waals surface area (Å²) < 4.78 is 5.06. The quantitative estimate of drug-likeness (QED) is 0.824. The van der Waals surface area contributed by atoms with Crippen LogP contribution in [0.25, 0.3) is 11.1 Å². The van der Waals surface area contributed by atoms with E-state index in [1.165, 1.54) is 0 Å². The fourth-order valence-electron chi connectivity index (χ4n) is 2.41. The highest BCUT2D eigenvalue weighted by Gasteiger charge is 2.19. The fourth-order valence-corrected chi connectivity index (χ4v) is 2.41. The molecule has 0 spiro atoms. The number of fused-ring (bicyclic) bond motifs is 1. The first kappa shape index (κ1) is 11.8. The van der Waals surface area contributed by atoms with E-state index >= 15 is 0 Å². The molecule has 1 N–H and O–H groups in total. The third kappa shape index (κ3) is 2.21. The number of H-pyrrole nitrogens is 1. The van der Waals surface area contributed by atoms with Crippen molar-refractivity contribution < 1.29 is 9.21 Å². The van der Waals surface area contributed by atoms with Gasteiger partial charge in [0.05, 0.1) is 5.52 Å². The standard InChI is InChI=1S/C13H15N3O3/c1-9(17)15-4-6-16(7-5-15)10-2-3-11-12(8-10)19-13(18)14-11/h2-3,8H,4-7H2,1H3,(H,14,18). The molecule has 19 heavy (non-hydrogen) atoms. The summed E-state index contributed by atoms with van der Waals surface area (Å²) in [6.07, 6.45) is 0. The Labute approximate surface area is 109 Å². The van der Waals surface area contributed by atoms with Crippen molar-refractivity contribution in [2.24, 2.45) is 0 Å². The maximum Gasteiger partial charge on any atom is 0.417 e. The van der Waals surface area contributed by atoms with Gasteiger partial charge in [-0.05, 0) is 12.1 Å². The molecule has 1 aliphatic rings. The van der Waals surface area contributed by atoms with E-state index in [1.54, 1.807) is 6.92 Å². The number of hydrogen-bond acceptors (Lipinski definition) is 4. The Morgan fingerprint density at radius 1 is 1.26 bits per heavy atom. The first-order chi connectivity index (χ1) is 9.13. The van der Waals surface area contributed by atoms with Crippen LogP contribution >= 0.6 is 0 Å². The molecule has 1 aromatic heterocycles. The second-order valence-electron chi connectivity index (χ2n) is 4.69. The predicted molar refractivity (Wildman–Crippen MR) is 71.3 cm³/mol. The molecule has 0 aliphatic carbocycles. The summed E-state index contributed by atoms with van der Waals surface area (Å²) in [6.45, 7) is 4.63. The highest BCUT2D eigenvalue weighted by molar-refractivity contribution is 5.77. The number of nitrogens with one attached hydrogen (secondary N) is 1. The van der Waals surface area contributed by atoms with Crippen molar-refractivity contribution in [3.8, 4) is 0 Å². The monoisotopic (exact) mass is 261 g/mol. The van der Waals surface area contributed by atoms with E-state index in [0.717, 1.165) is 31.9 Å². The Morgan fingerprint density at radius 2 is 2.00 bits per heavy atom. The molecule has 0 saturated carbocycles. The SMILES string of the molecule is CC(=O)N1CCN(c2ccc3[nH]c(=O)oc3c2)CC1. The molecule has 0 bridgehead atoms. The van der Waals surface area contributed by atoms with Crippen LogP contribution in [0.4, 0.5) is 5.69 Å². The van der Waals surface area contributed by atoms with Crippen LogP contribution in [0.15, 0.2) is 27.4 Å². The van der Waals surface area contributed by atoms with E-state index in [1.807, 2.05) is 23.1 Å². The molecular formula is C13H15N3O3. The maximum absolute atomic E-state index is 11.3. The number of amides is 1. The van der Waals surface area contributed by atoms with Gasteiger partial charge in [0, 0.05) is 44.9 Å². The number of aromatic nitrogens is 1. The number of rotatable bonds is 1. The molecule has 2 heterocycles. The fraction of sp³-hybridized carbons (Fsp3) is 0.385. The van der Waals surface area contributed by atoms with Crippen LogP contribution in [-0.4, -0.2) is 42.0 Å². The van der Waals surface area contributed by atoms with Crippen LogP contribution in [0.1, 0.15) is 6.92 Å². The molecular weight excluding hydrogens is 246 g/mol. The van der Waals surface area contributed by atoms with Crippen LogP contribution in [-0.2, 0) is 4.79 Å². The van der Waals surface area contributed by atoms with E-state index in [0.29, 0.717) is 11.1 Å². The highest BCUT2D eigenvalue weighted by atomic mass is 16.4. The number of aromatic amines is 1. The summed E-state index contributed by atoms with van der Waals surface area (Å²) in [5.41, 5.74) is 2.28. The second-order valence-corrected chi connectivity index (χ2v) is 4.69. The molecule has 1 saturated heterocycles. The Kier molecular flexibility index (Phi) is 2.77. The van der Waals surface area contributed by atoms with Gasteiger partial charge in [-0.2, -0.15) is 0 Å². The second kappa shape index (κ2) is 4.46. The maximum atomic E-state index is 11.3. The Morgan fingerprint density at radius 3 is 2.68 bits per heavy atom. The minimum absolute atomic E-state index is 0.117. The molecule has 1 amide bonds.